The van der Waals surface area contributed by atoms with Crippen molar-refractivity contribution in [1.82, 2.24) is 0 Å². The van der Waals surface area contributed by atoms with Crippen LogP contribution in [0.1, 0.15) is 44.3 Å². The number of unbranched alkanes of at least 4 members (excludes halogenated alkanes) is 1. The highest BCUT2D eigenvalue weighted by atomic mass is 35.5. The van der Waals surface area contributed by atoms with Gasteiger partial charge in [0.1, 0.15) is 11.9 Å². The van der Waals surface area contributed by atoms with Gasteiger partial charge < -0.3 is 9.84 Å². The largest absolute Gasteiger partial charge is 0.490 e. The van der Waals surface area contributed by atoms with Gasteiger partial charge in [0.15, 0.2) is 0 Å². The van der Waals surface area contributed by atoms with Gasteiger partial charge in [-0.15, -0.1) is 0 Å². The fraction of sp³-hybridized carbons (Fsp3) is 0.538. The Balaban J connectivity index is 2.13. The van der Waals surface area contributed by atoms with E-state index in [-0.39, 0.29) is 6.10 Å². The number of rotatable bonds is 3. The molecule has 2 nitrogen and oxygen atoms in total. The minimum atomic E-state index is -0.440. The molecule has 1 aromatic carbocycles. The standard InChI is InChI=1S/C13H17ClO2/c1-2-3-4-10-8-12(15)11-7-9(14)5-6-13(11)16-10/h5-7,10,12,15H,2-4,8H2,1H3/t10?,12-/m0/s1. The zero-order valence-corrected chi connectivity index (χ0v) is 10.2. The van der Waals surface area contributed by atoms with Crippen molar-refractivity contribution in [3.05, 3.63) is 28.8 Å². The Morgan fingerprint density at radius 2 is 2.31 bits per heavy atom. The Morgan fingerprint density at radius 1 is 1.50 bits per heavy atom. The summed E-state index contributed by atoms with van der Waals surface area (Å²) in [6.45, 7) is 2.16. The quantitative estimate of drug-likeness (QED) is 0.873. The Morgan fingerprint density at radius 3 is 3.06 bits per heavy atom. The first-order valence-corrected chi connectivity index (χ1v) is 6.22. The maximum atomic E-state index is 10.0. The molecule has 3 heteroatoms. The number of hydrogen-bond donors (Lipinski definition) is 1. The zero-order chi connectivity index (χ0) is 11.5. The highest BCUT2D eigenvalue weighted by Crippen LogP contribution is 2.37. The number of aliphatic hydroxyl groups is 1. The second-order valence-corrected chi connectivity index (χ2v) is 4.75. The van der Waals surface area contributed by atoms with Gasteiger partial charge in [0.05, 0.1) is 6.10 Å². The van der Waals surface area contributed by atoms with E-state index in [9.17, 15) is 5.11 Å². The van der Waals surface area contributed by atoms with Crippen LogP contribution < -0.4 is 4.74 Å². The van der Waals surface area contributed by atoms with E-state index in [1.165, 1.54) is 0 Å². The summed E-state index contributed by atoms with van der Waals surface area (Å²) in [5.74, 6) is 0.782. The topological polar surface area (TPSA) is 29.5 Å². The van der Waals surface area contributed by atoms with Crippen LogP contribution in [0.2, 0.25) is 5.02 Å². The van der Waals surface area contributed by atoms with E-state index in [1.54, 1.807) is 12.1 Å². The normalized spacial score (nSPS) is 23.7. The minimum absolute atomic E-state index is 0.142. The number of hydrogen-bond acceptors (Lipinski definition) is 2. The molecule has 0 saturated carbocycles. The number of halogens is 1. The summed E-state index contributed by atoms with van der Waals surface area (Å²) < 4.78 is 5.84. The summed E-state index contributed by atoms with van der Waals surface area (Å²) in [6.07, 6.45) is 3.68. The second-order valence-electron chi connectivity index (χ2n) is 4.32. The number of aliphatic hydroxyl groups excluding tert-OH is 1. The third kappa shape index (κ3) is 2.50. The Kier molecular flexibility index (Phi) is 3.72. The van der Waals surface area contributed by atoms with Gasteiger partial charge in [-0.25, -0.2) is 0 Å². The van der Waals surface area contributed by atoms with E-state index in [0.29, 0.717) is 11.4 Å². The molecule has 1 aliphatic rings. The molecule has 1 unspecified atom stereocenters. The molecule has 0 spiro atoms. The third-order valence-electron chi connectivity index (χ3n) is 2.99. The molecule has 0 fully saturated rings. The minimum Gasteiger partial charge on any atom is -0.490 e. The van der Waals surface area contributed by atoms with Crippen LogP contribution in [0.5, 0.6) is 5.75 Å². The average molecular weight is 241 g/mol. The van der Waals surface area contributed by atoms with Crippen molar-refractivity contribution < 1.29 is 9.84 Å². The lowest BCUT2D eigenvalue weighted by atomic mass is 9.96. The van der Waals surface area contributed by atoms with Gasteiger partial charge in [-0.1, -0.05) is 31.4 Å². The molecular weight excluding hydrogens is 224 g/mol. The molecule has 0 radical (unpaired) electrons. The maximum Gasteiger partial charge on any atom is 0.125 e. The van der Waals surface area contributed by atoms with E-state index in [4.69, 9.17) is 16.3 Å². The van der Waals surface area contributed by atoms with Crippen LogP contribution in [0.3, 0.4) is 0 Å². The molecule has 1 aromatic rings. The molecule has 2 rings (SSSR count). The molecule has 1 heterocycles. The molecule has 0 bridgehead atoms. The molecule has 0 amide bonds. The Bertz CT molecular complexity index is 365. The first-order chi connectivity index (χ1) is 7.70. The van der Waals surface area contributed by atoms with Crippen molar-refractivity contribution in [3.63, 3.8) is 0 Å². The molecular formula is C13H17ClO2. The highest BCUT2D eigenvalue weighted by Gasteiger charge is 2.26. The van der Waals surface area contributed by atoms with Crippen molar-refractivity contribution >= 4 is 11.6 Å². The van der Waals surface area contributed by atoms with Crippen molar-refractivity contribution in [2.24, 2.45) is 0 Å². The van der Waals surface area contributed by atoms with E-state index in [2.05, 4.69) is 6.92 Å². The predicted octanol–water partition coefficient (Wildman–Crippen LogP) is 3.71. The van der Waals surface area contributed by atoms with Crippen molar-refractivity contribution in [1.29, 1.82) is 0 Å². The van der Waals surface area contributed by atoms with Crippen LogP contribution in [0.4, 0.5) is 0 Å². The predicted molar refractivity (Wildman–Crippen MR) is 65.0 cm³/mol. The monoisotopic (exact) mass is 240 g/mol. The first-order valence-electron chi connectivity index (χ1n) is 5.85. The van der Waals surface area contributed by atoms with Gasteiger partial charge in [0, 0.05) is 17.0 Å². The second kappa shape index (κ2) is 5.07. The summed E-state index contributed by atoms with van der Waals surface area (Å²) in [5.41, 5.74) is 0.820. The molecule has 1 N–H and O–H groups in total. The molecule has 1 aliphatic heterocycles. The highest BCUT2D eigenvalue weighted by molar-refractivity contribution is 6.30. The van der Waals surface area contributed by atoms with Crippen LogP contribution in [-0.4, -0.2) is 11.2 Å². The lowest BCUT2D eigenvalue weighted by Gasteiger charge is -2.29. The summed E-state index contributed by atoms with van der Waals surface area (Å²) in [5, 5.41) is 10.7. The molecule has 0 aromatic heterocycles. The lowest BCUT2D eigenvalue weighted by molar-refractivity contribution is 0.0607. The Hall–Kier alpha value is -0.730. The van der Waals surface area contributed by atoms with Crippen LogP contribution in [0.15, 0.2) is 18.2 Å². The number of fused-ring (bicyclic) bond motifs is 1. The van der Waals surface area contributed by atoms with E-state index >= 15 is 0 Å². The average Bonchev–Trinajstić information content (AvgIpc) is 2.27. The van der Waals surface area contributed by atoms with Crippen molar-refractivity contribution in [3.8, 4) is 5.75 Å². The lowest BCUT2D eigenvalue weighted by Crippen LogP contribution is -2.25. The summed E-state index contributed by atoms with van der Waals surface area (Å²) >= 11 is 5.90. The molecule has 0 aliphatic carbocycles. The summed E-state index contributed by atoms with van der Waals surface area (Å²) in [4.78, 5) is 0. The van der Waals surface area contributed by atoms with Crippen LogP contribution in [-0.2, 0) is 0 Å². The smallest absolute Gasteiger partial charge is 0.125 e. The summed E-state index contributed by atoms with van der Waals surface area (Å²) in [7, 11) is 0. The van der Waals surface area contributed by atoms with Gasteiger partial charge in [-0.3, -0.25) is 0 Å². The van der Waals surface area contributed by atoms with Crippen LogP contribution in [0, 0.1) is 0 Å². The van der Waals surface area contributed by atoms with Gasteiger partial charge in [0.25, 0.3) is 0 Å². The SMILES string of the molecule is CCCCC1C[C@H](O)c2cc(Cl)ccc2O1. The Labute approximate surface area is 101 Å². The molecule has 2 atom stereocenters. The van der Waals surface area contributed by atoms with Gasteiger partial charge in [-0.2, -0.15) is 0 Å². The van der Waals surface area contributed by atoms with E-state index < -0.39 is 6.10 Å². The van der Waals surface area contributed by atoms with Gasteiger partial charge in [-0.05, 0) is 24.6 Å². The third-order valence-corrected chi connectivity index (χ3v) is 3.23. The van der Waals surface area contributed by atoms with Crippen LogP contribution in [0.25, 0.3) is 0 Å². The number of ether oxygens (including phenoxy) is 1. The molecule has 88 valence electrons. The molecule has 16 heavy (non-hydrogen) atoms. The number of benzene rings is 1. The van der Waals surface area contributed by atoms with Gasteiger partial charge >= 0.3 is 0 Å². The van der Waals surface area contributed by atoms with Gasteiger partial charge in [0.2, 0.25) is 0 Å². The molecule has 0 saturated heterocycles. The summed E-state index contributed by atoms with van der Waals surface area (Å²) in [6, 6.07) is 5.44. The van der Waals surface area contributed by atoms with Crippen molar-refractivity contribution in [2.75, 3.05) is 0 Å². The zero-order valence-electron chi connectivity index (χ0n) is 9.45. The van der Waals surface area contributed by atoms with E-state index in [1.807, 2.05) is 6.07 Å². The van der Waals surface area contributed by atoms with Crippen LogP contribution >= 0.6 is 11.6 Å². The van der Waals surface area contributed by atoms with Crippen molar-refractivity contribution in [2.45, 2.75) is 44.8 Å². The fourth-order valence-corrected chi connectivity index (χ4v) is 2.28. The fourth-order valence-electron chi connectivity index (χ4n) is 2.10. The van der Waals surface area contributed by atoms with E-state index in [0.717, 1.165) is 30.6 Å². The maximum absolute atomic E-state index is 10.0. The first kappa shape index (κ1) is 11.7.